The Bertz CT molecular complexity index is 1290. The fourth-order valence-electron chi connectivity index (χ4n) is 3.52. The van der Waals surface area contributed by atoms with E-state index in [1.54, 1.807) is 59.8 Å². The molecule has 4 aromatic rings. The van der Waals surface area contributed by atoms with Crippen molar-refractivity contribution >= 4 is 22.3 Å². The molecule has 0 saturated carbocycles. The Morgan fingerprint density at radius 3 is 2.65 bits per heavy atom. The highest BCUT2D eigenvalue weighted by molar-refractivity contribution is 5.83. The van der Waals surface area contributed by atoms with Crippen LogP contribution in [0, 0.1) is 12.7 Å². The van der Waals surface area contributed by atoms with Crippen LogP contribution in [0.1, 0.15) is 5.56 Å². The average molecular weight is 420 g/mol. The lowest BCUT2D eigenvalue weighted by Crippen LogP contribution is -2.23. The number of methoxy groups -OCH3 is 1. The van der Waals surface area contributed by atoms with E-state index in [1.807, 2.05) is 6.92 Å². The van der Waals surface area contributed by atoms with E-state index >= 15 is 4.39 Å². The first-order valence-electron chi connectivity index (χ1n) is 9.68. The smallest absolute Gasteiger partial charge is 0.265 e. The molecule has 2 aromatic carbocycles. The molecular formula is C23H21FN4O3. The van der Waals surface area contributed by atoms with Crippen LogP contribution in [0.25, 0.3) is 16.6 Å². The van der Waals surface area contributed by atoms with E-state index in [0.717, 1.165) is 5.56 Å². The summed E-state index contributed by atoms with van der Waals surface area (Å²) < 4.78 is 21.6. The highest BCUT2D eigenvalue weighted by atomic mass is 19.1. The van der Waals surface area contributed by atoms with E-state index in [1.165, 1.54) is 18.0 Å². The van der Waals surface area contributed by atoms with Crippen LogP contribution in [0.3, 0.4) is 0 Å². The second-order valence-corrected chi connectivity index (χ2v) is 7.00. The van der Waals surface area contributed by atoms with Crippen LogP contribution in [-0.2, 0) is 0 Å². The number of rotatable bonds is 6. The third-order valence-electron chi connectivity index (χ3n) is 4.99. The quantitative estimate of drug-likeness (QED) is 0.515. The normalized spacial score (nSPS) is 11.0. The van der Waals surface area contributed by atoms with Crippen molar-refractivity contribution in [2.45, 2.75) is 6.92 Å². The van der Waals surface area contributed by atoms with Crippen molar-refractivity contribution in [2.75, 3.05) is 25.2 Å². The highest BCUT2D eigenvalue weighted by Crippen LogP contribution is 2.34. The number of hydrogen-bond acceptors (Lipinski definition) is 6. The van der Waals surface area contributed by atoms with Crippen LogP contribution < -0.4 is 15.2 Å². The maximum atomic E-state index is 15.1. The molecule has 2 aromatic heterocycles. The maximum Gasteiger partial charge on any atom is 0.265 e. The minimum atomic E-state index is -0.540. The molecule has 0 aliphatic rings. The van der Waals surface area contributed by atoms with Crippen LogP contribution >= 0.6 is 0 Å². The topological polar surface area (TPSA) is 80.5 Å². The first-order valence-corrected chi connectivity index (χ1v) is 9.68. The Hall–Kier alpha value is -3.78. The van der Waals surface area contributed by atoms with Crippen LogP contribution in [0.5, 0.6) is 5.75 Å². The van der Waals surface area contributed by atoms with Crippen LogP contribution in [0.15, 0.2) is 66.0 Å². The molecule has 31 heavy (non-hydrogen) atoms. The molecule has 0 aliphatic heterocycles. The molecule has 0 unspecified atom stereocenters. The monoisotopic (exact) mass is 420 g/mol. The van der Waals surface area contributed by atoms with Crippen molar-refractivity contribution in [3.8, 4) is 11.4 Å². The van der Waals surface area contributed by atoms with Crippen molar-refractivity contribution in [1.29, 1.82) is 0 Å². The second kappa shape index (κ2) is 8.53. The number of aromatic nitrogens is 3. The number of aliphatic hydroxyl groups is 1. The summed E-state index contributed by atoms with van der Waals surface area (Å²) >= 11 is 0. The zero-order valence-electron chi connectivity index (χ0n) is 17.1. The van der Waals surface area contributed by atoms with Crippen LogP contribution in [0.4, 0.5) is 15.8 Å². The molecule has 158 valence electrons. The van der Waals surface area contributed by atoms with Gasteiger partial charge in [-0.15, -0.1) is 0 Å². The average Bonchev–Trinajstić information content (AvgIpc) is 2.79. The first-order chi connectivity index (χ1) is 15.0. The van der Waals surface area contributed by atoms with Gasteiger partial charge in [0.15, 0.2) is 11.6 Å². The standard InChI is InChI=1S/C23H21FN4O3/c1-15-11-20(22(24)21(12-15)31-2)27(9-10-29)17-3-4-19-18(13-17)23(30)28(14-26-19)16-5-7-25-8-6-16/h3-8,11-14,29H,9-10H2,1-2H3. The second-order valence-electron chi connectivity index (χ2n) is 7.00. The third-order valence-corrected chi connectivity index (χ3v) is 4.99. The Labute approximate surface area is 178 Å². The number of fused-ring (bicyclic) bond motifs is 1. The lowest BCUT2D eigenvalue weighted by atomic mass is 10.1. The SMILES string of the molecule is COc1cc(C)cc(N(CCO)c2ccc3ncn(-c4ccncc4)c(=O)c3c2)c1F. The molecule has 0 radical (unpaired) electrons. The molecule has 4 rings (SSSR count). The fraction of sp³-hybridized carbons (Fsp3) is 0.174. The summed E-state index contributed by atoms with van der Waals surface area (Å²) in [6.07, 6.45) is 4.66. The summed E-state index contributed by atoms with van der Waals surface area (Å²) in [5.74, 6) is -0.428. The van der Waals surface area contributed by atoms with Gasteiger partial charge in [-0.2, -0.15) is 0 Å². The van der Waals surface area contributed by atoms with Crippen LogP contribution in [-0.4, -0.2) is 39.9 Å². The summed E-state index contributed by atoms with van der Waals surface area (Å²) in [7, 11) is 1.40. The largest absolute Gasteiger partial charge is 0.494 e. The maximum absolute atomic E-state index is 15.1. The summed E-state index contributed by atoms with van der Waals surface area (Å²) in [5.41, 5.74) is 2.51. The number of anilines is 2. The highest BCUT2D eigenvalue weighted by Gasteiger charge is 2.19. The van der Waals surface area contributed by atoms with Crippen molar-refractivity contribution in [1.82, 2.24) is 14.5 Å². The minimum Gasteiger partial charge on any atom is -0.494 e. The van der Waals surface area contributed by atoms with Crippen molar-refractivity contribution in [3.63, 3.8) is 0 Å². The van der Waals surface area contributed by atoms with E-state index in [4.69, 9.17) is 4.74 Å². The van der Waals surface area contributed by atoms with Gasteiger partial charge in [0.25, 0.3) is 5.56 Å². The summed E-state index contributed by atoms with van der Waals surface area (Å²) in [6.45, 7) is 1.76. The van der Waals surface area contributed by atoms with E-state index in [-0.39, 0.29) is 30.1 Å². The Morgan fingerprint density at radius 1 is 1.16 bits per heavy atom. The van der Waals surface area contributed by atoms with Crippen molar-refractivity contribution in [3.05, 3.63) is 82.9 Å². The van der Waals surface area contributed by atoms with Gasteiger partial charge in [-0.3, -0.25) is 14.3 Å². The number of hydrogen-bond donors (Lipinski definition) is 1. The molecule has 0 spiro atoms. The molecular weight excluding hydrogens is 399 g/mol. The number of ether oxygens (including phenoxy) is 1. The summed E-state index contributed by atoms with van der Waals surface area (Å²) in [5, 5.41) is 10.0. The molecule has 0 atom stereocenters. The van der Waals surface area contributed by atoms with Gasteiger partial charge in [-0.25, -0.2) is 9.37 Å². The molecule has 7 nitrogen and oxygen atoms in total. The predicted octanol–water partition coefficient (Wildman–Crippen LogP) is 3.37. The number of halogens is 1. The van der Waals surface area contributed by atoms with E-state index in [2.05, 4.69) is 9.97 Å². The summed E-state index contributed by atoms with van der Waals surface area (Å²) in [6, 6.07) is 11.8. The van der Waals surface area contributed by atoms with Gasteiger partial charge in [0, 0.05) is 24.6 Å². The lowest BCUT2D eigenvalue weighted by molar-refractivity contribution is 0.305. The van der Waals surface area contributed by atoms with Crippen molar-refractivity contribution < 1.29 is 14.2 Å². The van der Waals surface area contributed by atoms with Gasteiger partial charge >= 0.3 is 0 Å². The molecule has 8 heteroatoms. The molecule has 2 heterocycles. The number of benzene rings is 2. The van der Waals surface area contributed by atoms with E-state index in [9.17, 15) is 9.90 Å². The summed E-state index contributed by atoms with van der Waals surface area (Å²) in [4.78, 5) is 23.1. The van der Waals surface area contributed by atoms with Gasteiger partial charge in [-0.05, 0) is 55.0 Å². The zero-order valence-corrected chi connectivity index (χ0v) is 17.1. The number of pyridine rings is 1. The van der Waals surface area contributed by atoms with Gasteiger partial charge in [0.2, 0.25) is 0 Å². The Morgan fingerprint density at radius 2 is 1.94 bits per heavy atom. The predicted molar refractivity (Wildman–Crippen MR) is 117 cm³/mol. The molecule has 1 N–H and O–H groups in total. The Kier molecular flexibility index (Phi) is 5.64. The first kappa shape index (κ1) is 20.5. The van der Waals surface area contributed by atoms with Gasteiger partial charge in [0.1, 0.15) is 6.33 Å². The molecule has 0 bridgehead atoms. The Balaban J connectivity index is 1.89. The number of aliphatic hydroxyl groups excluding tert-OH is 1. The molecule has 0 aliphatic carbocycles. The molecule has 0 saturated heterocycles. The van der Waals surface area contributed by atoms with Gasteiger partial charge in [0.05, 0.1) is 36.0 Å². The number of aryl methyl sites for hydroxylation is 1. The number of nitrogens with zero attached hydrogens (tertiary/aromatic N) is 4. The molecule has 0 fully saturated rings. The van der Waals surface area contributed by atoms with Gasteiger partial charge < -0.3 is 14.7 Å². The van der Waals surface area contributed by atoms with Crippen LogP contribution in [0.2, 0.25) is 0 Å². The minimum absolute atomic E-state index is 0.112. The fourth-order valence-corrected chi connectivity index (χ4v) is 3.52. The molecule has 0 amide bonds. The van der Waals surface area contributed by atoms with E-state index in [0.29, 0.717) is 22.3 Å². The third kappa shape index (κ3) is 3.85. The van der Waals surface area contributed by atoms with Crippen molar-refractivity contribution in [2.24, 2.45) is 0 Å². The van der Waals surface area contributed by atoms with E-state index < -0.39 is 5.82 Å². The zero-order chi connectivity index (χ0) is 22.0. The van der Waals surface area contributed by atoms with Gasteiger partial charge in [-0.1, -0.05) is 0 Å². The lowest BCUT2D eigenvalue weighted by Gasteiger charge is -2.26.